The second kappa shape index (κ2) is 7.19. The predicted molar refractivity (Wildman–Crippen MR) is 104 cm³/mol. The van der Waals surface area contributed by atoms with Gasteiger partial charge in [-0.1, -0.05) is 6.07 Å². The average molecular weight is 476 g/mol. The van der Waals surface area contributed by atoms with E-state index in [0.717, 1.165) is 24.8 Å². The molecule has 3 saturated heterocycles. The molecule has 0 aromatic carbocycles. The van der Waals surface area contributed by atoms with Crippen LogP contribution in [-0.2, 0) is 21.2 Å². The van der Waals surface area contributed by atoms with Crippen molar-refractivity contribution in [2.24, 2.45) is 11.3 Å². The summed E-state index contributed by atoms with van der Waals surface area (Å²) in [5.41, 5.74) is 0.270. The SMILES string of the molecule is O=C(N1CC2(CC(Cc3ccc(OC(F)(F)F)nc3)C2)C1)N1CC2(COCS(=O)(=O)N2)C1. The molecule has 2 amide bonds. The molecule has 4 fully saturated rings. The Kier molecular flexibility index (Phi) is 4.88. The van der Waals surface area contributed by atoms with Gasteiger partial charge in [-0.15, -0.1) is 13.2 Å². The zero-order valence-electron chi connectivity index (χ0n) is 17.1. The standard InChI is InChI=1S/C19H23F3N4O5S/c20-19(21,22)31-15-2-1-13(6-23-15)3-14-4-17(5-14)7-25(8-17)16(27)26-9-18(10-26)11-30-12-32(28,29)24-18/h1-2,6,14,24H,3-5,7-12H2. The summed E-state index contributed by atoms with van der Waals surface area (Å²) in [7, 11) is -3.45. The molecule has 0 radical (unpaired) electrons. The molecule has 2 spiro atoms. The van der Waals surface area contributed by atoms with Gasteiger partial charge in [-0.05, 0) is 30.7 Å². The molecule has 32 heavy (non-hydrogen) atoms. The molecule has 4 aliphatic rings. The molecule has 1 aromatic heterocycles. The predicted octanol–water partition coefficient (Wildman–Crippen LogP) is 1.32. The number of pyridine rings is 1. The van der Waals surface area contributed by atoms with Crippen LogP contribution in [0, 0.1) is 11.3 Å². The van der Waals surface area contributed by atoms with Gasteiger partial charge in [-0.3, -0.25) is 0 Å². The fourth-order valence-electron chi connectivity index (χ4n) is 5.42. The molecule has 13 heteroatoms. The van der Waals surface area contributed by atoms with Crippen LogP contribution in [0.4, 0.5) is 18.0 Å². The van der Waals surface area contributed by atoms with Crippen LogP contribution in [0.3, 0.4) is 0 Å². The highest BCUT2D eigenvalue weighted by atomic mass is 32.2. The van der Waals surface area contributed by atoms with Gasteiger partial charge in [-0.2, -0.15) is 0 Å². The smallest absolute Gasteiger partial charge is 0.388 e. The number of amides is 2. The van der Waals surface area contributed by atoms with E-state index in [0.29, 0.717) is 32.1 Å². The number of urea groups is 1. The maximum Gasteiger partial charge on any atom is 0.574 e. The zero-order chi connectivity index (χ0) is 22.8. The maximum absolute atomic E-state index is 12.7. The number of hydrogen-bond acceptors (Lipinski definition) is 6. The van der Waals surface area contributed by atoms with Gasteiger partial charge in [-0.25, -0.2) is 22.9 Å². The second-order valence-corrected chi connectivity index (χ2v) is 11.2. The number of alkyl halides is 3. The first kappa shape index (κ1) is 21.7. The van der Waals surface area contributed by atoms with E-state index in [2.05, 4.69) is 14.4 Å². The fourth-order valence-corrected chi connectivity index (χ4v) is 6.63. The summed E-state index contributed by atoms with van der Waals surface area (Å²) in [6.07, 6.45) is -0.711. The highest BCUT2D eigenvalue weighted by Crippen LogP contribution is 2.53. The van der Waals surface area contributed by atoms with Crippen molar-refractivity contribution >= 4 is 16.1 Å². The third-order valence-corrected chi connectivity index (χ3v) is 7.78. The number of halogens is 3. The minimum atomic E-state index is -4.75. The number of carbonyl (C=O) groups excluding carboxylic acids is 1. The Balaban J connectivity index is 1.05. The van der Waals surface area contributed by atoms with E-state index in [1.165, 1.54) is 12.3 Å². The van der Waals surface area contributed by atoms with Crippen molar-refractivity contribution in [1.82, 2.24) is 19.5 Å². The lowest BCUT2D eigenvalue weighted by Crippen LogP contribution is -2.77. The van der Waals surface area contributed by atoms with Gasteiger partial charge in [0.1, 0.15) is 0 Å². The first-order valence-corrected chi connectivity index (χ1v) is 11.9. The summed E-state index contributed by atoms with van der Waals surface area (Å²) in [6, 6.07) is 2.73. The Morgan fingerprint density at radius 3 is 2.50 bits per heavy atom. The summed E-state index contributed by atoms with van der Waals surface area (Å²) >= 11 is 0. The van der Waals surface area contributed by atoms with E-state index in [-0.39, 0.29) is 24.0 Å². The van der Waals surface area contributed by atoms with Gasteiger partial charge >= 0.3 is 12.4 Å². The summed E-state index contributed by atoms with van der Waals surface area (Å²) in [5.74, 6) is -0.413. The molecule has 1 N–H and O–H groups in total. The molecular weight excluding hydrogens is 453 g/mol. The monoisotopic (exact) mass is 476 g/mol. The number of likely N-dealkylation sites (tertiary alicyclic amines) is 2. The van der Waals surface area contributed by atoms with Gasteiger partial charge in [0.2, 0.25) is 15.9 Å². The Labute approximate surface area is 182 Å². The zero-order valence-corrected chi connectivity index (χ0v) is 17.9. The summed E-state index contributed by atoms with van der Waals surface area (Å²) in [4.78, 5) is 19.8. The Morgan fingerprint density at radius 2 is 1.91 bits per heavy atom. The molecule has 0 unspecified atom stereocenters. The quantitative estimate of drug-likeness (QED) is 0.706. The number of sulfonamides is 1. The van der Waals surface area contributed by atoms with E-state index in [1.807, 2.05) is 0 Å². The molecular formula is C19H23F3N4O5S. The number of aromatic nitrogens is 1. The van der Waals surface area contributed by atoms with E-state index in [1.54, 1.807) is 15.9 Å². The molecule has 176 valence electrons. The largest absolute Gasteiger partial charge is 0.574 e. The van der Waals surface area contributed by atoms with Crippen molar-refractivity contribution in [3.05, 3.63) is 23.9 Å². The first-order chi connectivity index (χ1) is 14.9. The van der Waals surface area contributed by atoms with Crippen LogP contribution in [0.25, 0.3) is 0 Å². The number of carbonyl (C=O) groups is 1. The van der Waals surface area contributed by atoms with Gasteiger partial charge in [0, 0.05) is 43.9 Å². The molecule has 3 aliphatic heterocycles. The molecule has 1 aliphatic carbocycles. The lowest BCUT2D eigenvalue weighted by molar-refractivity contribution is -0.276. The van der Waals surface area contributed by atoms with E-state index >= 15 is 0 Å². The second-order valence-electron chi connectivity index (χ2n) is 9.49. The molecule has 5 rings (SSSR count). The van der Waals surface area contributed by atoms with Gasteiger partial charge in [0.25, 0.3) is 0 Å². The minimum absolute atomic E-state index is 0.0843. The van der Waals surface area contributed by atoms with Crippen molar-refractivity contribution in [3.8, 4) is 5.88 Å². The van der Waals surface area contributed by atoms with Crippen molar-refractivity contribution in [2.75, 3.05) is 38.7 Å². The average Bonchev–Trinajstić information content (AvgIpc) is 2.59. The third kappa shape index (κ3) is 4.25. The van der Waals surface area contributed by atoms with Crippen LogP contribution in [-0.4, -0.2) is 79.9 Å². The van der Waals surface area contributed by atoms with Crippen molar-refractivity contribution in [3.63, 3.8) is 0 Å². The molecule has 0 bridgehead atoms. The topological polar surface area (TPSA) is 101 Å². The normalized spacial score (nSPS) is 25.7. The van der Waals surface area contributed by atoms with Crippen molar-refractivity contribution < 1.29 is 35.9 Å². The van der Waals surface area contributed by atoms with E-state index in [4.69, 9.17) is 4.74 Å². The van der Waals surface area contributed by atoms with Crippen LogP contribution in [0.15, 0.2) is 18.3 Å². The summed E-state index contributed by atoms with van der Waals surface area (Å²) in [6.45, 7) is 2.21. The lowest BCUT2D eigenvalue weighted by Gasteiger charge is -2.61. The number of ether oxygens (including phenoxy) is 2. The number of hydrogen-bond donors (Lipinski definition) is 1. The molecule has 4 heterocycles. The van der Waals surface area contributed by atoms with Crippen molar-refractivity contribution in [1.29, 1.82) is 0 Å². The maximum atomic E-state index is 12.7. The first-order valence-electron chi connectivity index (χ1n) is 10.3. The highest BCUT2D eigenvalue weighted by molar-refractivity contribution is 7.89. The van der Waals surface area contributed by atoms with Crippen LogP contribution in [0.2, 0.25) is 0 Å². The minimum Gasteiger partial charge on any atom is -0.388 e. The van der Waals surface area contributed by atoms with Crippen LogP contribution >= 0.6 is 0 Å². The Hall–Kier alpha value is -2.12. The van der Waals surface area contributed by atoms with Crippen LogP contribution < -0.4 is 9.46 Å². The highest BCUT2D eigenvalue weighted by Gasteiger charge is 2.57. The van der Waals surface area contributed by atoms with Crippen LogP contribution in [0.5, 0.6) is 5.88 Å². The van der Waals surface area contributed by atoms with E-state index < -0.39 is 27.8 Å². The molecule has 9 nitrogen and oxygen atoms in total. The molecule has 1 aromatic rings. The molecule has 0 atom stereocenters. The van der Waals surface area contributed by atoms with Gasteiger partial charge in [0.05, 0.1) is 12.1 Å². The van der Waals surface area contributed by atoms with Gasteiger partial charge in [0.15, 0.2) is 5.94 Å². The number of nitrogens with one attached hydrogen (secondary N) is 1. The van der Waals surface area contributed by atoms with Crippen LogP contribution in [0.1, 0.15) is 18.4 Å². The number of nitrogens with zero attached hydrogens (tertiary/aromatic N) is 3. The van der Waals surface area contributed by atoms with Crippen molar-refractivity contribution in [2.45, 2.75) is 31.2 Å². The fraction of sp³-hybridized carbons (Fsp3) is 0.684. The third-order valence-electron chi connectivity index (χ3n) is 6.56. The summed E-state index contributed by atoms with van der Waals surface area (Å²) < 4.78 is 71.6. The molecule has 1 saturated carbocycles. The number of rotatable bonds is 3. The lowest BCUT2D eigenvalue weighted by atomic mass is 9.56. The Bertz CT molecular complexity index is 997. The Morgan fingerprint density at radius 1 is 1.22 bits per heavy atom. The van der Waals surface area contributed by atoms with E-state index in [9.17, 15) is 26.4 Å². The summed E-state index contributed by atoms with van der Waals surface area (Å²) in [5, 5.41) is 0. The van der Waals surface area contributed by atoms with Gasteiger partial charge < -0.3 is 19.3 Å².